The van der Waals surface area contributed by atoms with Gasteiger partial charge in [0.1, 0.15) is 11.3 Å². The monoisotopic (exact) mass is 378 g/mol. The van der Waals surface area contributed by atoms with Crippen LogP contribution in [0.25, 0.3) is 11.0 Å². The van der Waals surface area contributed by atoms with Gasteiger partial charge in [0.05, 0.1) is 7.11 Å². The van der Waals surface area contributed by atoms with Crippen LogP contribution in [0.15, 0.2) is 51.7 Å². The van der Waals surface area contributed by atoms with Crippen LogP contribution < -0.4 is 15.3 Å². The molecule has 1 aromatic heterocycles. The van der Waals surface area contributed by atoms with Crippen molar-refractivity contribution in [2.24, 2.45) is 0 Å². The summed E-state index contributed by atoms with van der Waals surface area (Å²) < 4.78 is 10.8. The first-order chi connectivity index (χ1) is 13.5. The molecular weight excluding hydrogens is 352 g/mol. The van der Waals surface area contributed by atoms with Crippen molar-refractivity contribution in [3.8, 4) is 5.75 Å². The molecule has 0 amide bonds. The summed E-state index contributed by atoms with van der Waals surface area (Å²) in [5.74, 6) is 0.882. The Hall–Kier alpha value is -2.79. The maximum absolute atomic E-state index is 12.0. The zero-order chi connectivity index (χ0) is 19.7. The Morgan fingerprint density at radius 2 is 1.75 bits per heavy atom. The summed E-state index contributed by atoms with van der Waals surface area (Å²) in [6.45, 7) is 8.69. The molecule has 0 saturated carbocycles. The van der Waals surface area contributed by atoms with Crippen molar-refractivity contribution < 1.29 is 9.15 Å². The standard InChI is InChI=1S/C23H26N2O3/c1-16-11-21-18(13-23(26)28-22(21)12-17(16)2)15-24-7-9-25(10-8-24)19-5-4-6-20(14-19)27-3/h4-6,11-14H,7-10,15H2,1-3H3. The van der Waals surface area contributed by atoms with Gasteiger partial charge in [0, 0.05) is 55.9 Å². The molecular formula is C23H26N2O3. The highest BCUT2D eigenvalue weighted by atomic mass is 16.5. The summed E-state index contributed by atoms with van der Waals surface area (Å²) in [6.07, 6.45) is 0. The van der Waals surface area contributed by atoms with Crippen LogP contribution in [-0.4, -0.2) is 38.2 Å². The number of fused-ring (bicyclic) bond motifs is 1. The SMILES string of the molecule is COc1cccc(N2CCN(Cc3cc(=O)oc4cc(C)c(C)cc34)CC2)c1. The molecule has 1 saturated heterocycles. The van der Waals surface area contributed by atoms with E-state index in [1.807, 2.05) is 25.1 Å². The van der Waals surface area contributed by atoms with Gasteiger partial charge in [-0.15, -0.1) is 0 Å². The topological polar surface area (TPSA) is 45.9 Å². The van der Waals surface area contributed by atoms with E-state index in [2.05, 4.69) is 34.9 Å². The fourth-order valence-electron chi connectivity index (χ4n) is 3.83. The predicted molar refractivity (Wildman–Crippen MR) is 112 cm³/mol. The Labute approximate surface area is 165 Å². The van der Waals surface area contributed by atoms with E-state index in [0.29, 0.717) is 5.58 Å². The summed E-state index contributed by atoms with van der Waals surface area (Å²) in [5.41, 5.74) is 4.99. The number of nitrogens with zero attached hydrogens (tertiary/aromatic N) is 2. The molecule has 1 fully saturated rings. The van der Waals surface area contributed by atoms with Crippen LogP contribution in [-0.2, 0) is 6.54 Å². The largest absolute Gasteiger partial charge is 0.497 e. The zero-order valence-electron chi connectivity index (χ0n) is 16.7. The Balaban J connectivity index is 1.50. The first kappa shape index (κ1) is 18.6. The van der Waals surface area contributed by atoms with Crippen LogP contribution in [0.5, 0.6) is 5.75 Å². The van der Waals surface area contributed by atoms with Crippen LogP contribution in [0, 0.1) is 13.8 Å². The highest BCUT2D eigenvalue weighted by molar-refractivity contribution is 5.81. The lowest BCUT2D eigenvalue weighted by atomic mass is 10.0. The van der Waals surface area contributed by atoms with Crippen LogP contribution in [0.2, 0.25) is 0 Å². The molecule has 5 nitrogen and oxygen atoms in total. The van der Waals surface area contributed by atoms with Gasteiger partial charge in [-0.3, -0.25) is 4.90 Å². The minimum Gasteiger partial charge on any atom is -0.497 e. The van der Waals surface area contributed by atoms with E-state index in [0.717, 1.165) is 55.0 Å². The average molecular weight is 378 g/mol. The Bertz CT molecular complexity index is 1050. The third-order valence-electron chi connectivity index (χ3n) is 5.63. The highest BCUT2D eigenvalue weighted by Crippen LogP contribution is 2.25. The molecule has 2 heterocycles. The first-order valence-corrected chi connectivity index (χ1v) is 9.69. The van der Waals surface area contributed by atoms with E-state index in [1.54, 1.807) is 13.2 Å². The Kier molecular flexibility index (Phi) is 5.09. The van der Waals surface area contributed by atoms with E-state index in [1.165, 1.54) is 11.3 Å². The molecule has 1 aliphatic rings. The molecule has 146 valence electrons. The molecule has 0 bridgehead atoms. The third-order valence-corrected chi connectivity index (χ3v) is 5.63. The quantitative estimate of drug-likeness (QED) is 0.647. The fourth-order valence-corrected chi connectivity index (χ4v) is 3.83. The van der Waals surface area contributed by atoms with Crippen LogP contribution in [0.3, 0.4) is 0 Å². The molecule has 28 heavy (non-hydrogen) atoms. The predicted octanol–water partition coefficient (Wildman–Crippen LogP) is 3.74. The second-order valence-electron chi connectivity index (χ2n) is 7.49. The van der Waals surface area contributed by atoms with Crippen molar-refractivity contribution in [3.05, 3.63) is 69.6 Å². The molecule has 1 aliphatic heterocycles. The Morgan fingerprint density at radius 1 is 1.00 bits per heavy atom. The van der Waals surface area contributed by atoms with Gasteiger partial charge >= 0.3 is 5.63 Å². The number of piperazine rings is 1. The van der Waals surface area contributed by atoms with Crippen LogP contribution in [0.1, 0.15) is 16.7 Å². The summed E-state index contributed by atoms with van der Waals surface area (Å²) in [4.78, 5) is 16.8. The molecule has 0 radical (unpaired) electrons. The average Bonchev–Trinajstić information content (AvgIpc) is 2.70. The second kappa shape index (κ2) is 7.68. The van der Waals surface area contributed by atoms with Gasteiger partial charge in [0.2, 0.25) is 0 Å². The minimum atomic E-state index is -0.277. The first-order valence-electron chi connectivity index (χ1n) is 9.69. The molecule has 0 aliphatic carbocycles. The van der Waals surface area contributed by atoms with Gasteiger partial charge in [-0.2, -0.15) is 0 Å². The number of hydrogen-bond acceptors (Lipinski definition) is 5. The van der Waals surface area contributed by atoms with E-state index in [4.69, 9.17) is 9.15 Å². The van der Waals surface area contributed by atoms with Gasteiger partial charge in [-0.25, -0.2) is 4.79 Å². The molecule has 0 spiro atoms. The number of methoxy groups -OCH3 is 1. The molecule has 3 aromatic rings. The molecule has 4 rings (SSSR count). The third kappa shape index (κ3) is 3.76. The summed E-state index contributed by atoms with van der Waals surface area (Å²) >= 11 is 0. The summed E-state index contributed by atoms with van der Waals surface area (Å²) in [5, 5.41) is 1.04. The molecule has 5 heteroatoms. The van der Waals surface area contributed by atoms with Gasteiger partial charge in [0.25, 0.3) is 0 Å². The lowest BCUT2D eigenvalue weighted by molar-refractivity contribution is 0.250. The number of hydrogen-bond donors (Lipinski definition) is 0. The van der Waals surface area contributed by atoms with Crippen molar-refractivity contribution in [3.63, 3.8) is 0 Å². The number of anilines is 1. The van der Waals surface area contributed by atoms with Crippen molar-refractivity contribution in [1.82, 2.24) is 4.90 Å². The van der Waals surface area contributed by atoms with Crippen molar-refractivity contribution in [1.29, 1.82) is 0 Å². The number of benzene rings is 2. The van der Waals surface area contributed by atoms with Crippen LogP contribution in [0.4, 0.5) is 5.69 Å². The summed E-state index contributed by atoms with van der Waals surface area (Å²) in [6, 6.07) is 13.9. The maximum atomic E-state index is 12.0. The normalized spacial score (nSPS) is 15.2. The lowest BCUT2D eigenvalue weighted by Gasteiger charge is -2.36. The number of rotatable bonds is 4. The van der Waals surface area contributed by atoms with Gasteiger partial charge in [-0.1, -0.05) is 6.07 Å². The number of aryl methyl sites for hydroxylation is 2. The molecule has 0 unspecified atom stereocenters. The maximum Gasteiger partial charge on any atom is 0.336 e. The highest BCUT2D eigenvalue weighted by Gasteiger charge is 2.19. The molecule has 2 aromatic carbocycles. The van der Waals surface area contributed by atoms with E-state index in [9.17, 15) is 4.79 Å². The van der Waals surface area contributed by atoms with Crippen LogP contribution >= 0.6 is 0 Å². The fraction of sp³-hybridized carbons (Fsp3) is 0.348. The van der Waals surface area contributed by atoms with Crippen molar-refractivity contribution in [2.45, 2.75) is 20.4 Å². The van der Waals surface area contributed by atoms with E-state index < -0.39 is 0 Å². The molecule has 0 atom stereocenters. The minimum absolute atomic E-state index is 0.277. The smallest absolute Gasteiger partial charge is 0.336 e. The molecule has 0 N–H and O–H groups in total. The van der Waals surface area contributed by atoms with Crippen molar-refractivity contribution >= 4 is 16.7 Å². The van der Waals surface area contributed by atoms with Gasteiger partial charge < -0.3 is 14.1 Å². The zero-order valence-corrected chi connectivity index (χ0v) is 16.7. The van der Waals surface area contributed by atoms with Gasteiger partial charge in [0.15, 0.2) is 0 Å². The van der Waals surface area contributed by atoms with E-state index in [-0.39, 0.29) is 5.63 Å². The van der Waals surface area contributed by atoms with E-state index >= 15 is 0 Å². The Morgan fingerprint density at radius 3 is 2.50 bits per heavy atom. The lowest BCUT2D eigenvalue weighted by Crippen LogP contribution is -2.46. The van der Waals surface area contributed by atoms with Gasteiger partial charge in [-0.05, 0) is 54.8 Å². The second-order valence-corrected chi connectivity index (χ2v) is 7.49. The number of ether oxygens (including phenoxy) is 1. The summed E-state index contributed by atoms with van der Waals surface area (Å²) in [7, 11) is 1.70. The van der Waals surface area contributed by atoms with Crippen molar-refractivity contribution in [2.75, 3.05) is 38.2 Å².